The third-order valence-electron chi connectivity index (χ3n) is 3.34. The number of aryl methyl sites for hydroxylation is 1. The lowest BCUT2D eigenvalue weighted by Gasteiger charge is -2.13. The van der Waals surface area contributed by atoms with Crippen LogP contribution in [0.3, 0.4) is 0 Å². The van der Waals surface area contributed by atoms with Crippen molar-refractivity contribution >= 4 is 23.0 Å². The monoisotopic (exact) mass is 347 g/mol. The lowest BCUT2D eigenvalue weighted by Crippen LogP contribution is -2.35. The number of aliphatic hydroxyl groups excluding tert-OH is 1. The molecule has 0 aliphatic heterocycles. The van der Waals surface area contributed by atoms with Crippen LogP contribution >= 0.6 is 11.3 Å². The molecule has 1 amide bonds. The Morgan fingerprint density at radius 2 is 2.08 bits per heavy atom. The van der Waals surface area contributed by atoms with Crippen LogP contribution in [0, 0.1) is 6.92 Å². The Balaban J connectivity index is 1.63. The van der Waals surface area contributed by atoms with Gasteiger partial charge in [-0.3, -0.25) is 9.59 Å². The van der Waals surface area contributed by atoms with Gasteiger partial charge in [-0.05, 0) is 36.1 Å². The minimum atomic E-state index is -0.803. The molecule has 128 valence electrons. The highest BCUT2D eigenvalue weighted by Gasteiger charge is 2.12. The van der Waals surface area contributed by atoms with Crippen LogP contribution in [-0.2, 0) is 4.79 Å². The molecule has 0 aliphatic carbocycles. The normalized spacial score (nSPS) is 11.8. The molecule has 1 aromatic carbocycles. The zero-order chi connectivity index (χ0) is 17.4. The Kier molecular flexibility index (Phi) is 6.96. The smallest absolute Gasteiger partial charge is 0.220 e. The van der Waals surface area contributed by atoms with Crippen molar-refractivity contribution in [3.63, 3.8) is 0 Å². The summed E-state index contributed by atoms with van der Waals surface area (Å²) in [4.78, 5) is 24.2. The Morgan fingerprint density at radius 3 is 2.79 bits per heavy atom. The average Bonchev–Trinajstić information content (AvgIpc) is 3.10. The number of nitrogens with one attached hydrogen (secondary N) is 1. The second-order valence-corrected chi connectivity index (χ2v) is 6.43. The van der Waals surface area contributed by atoms with E-state index in [4.69, 9.17) is 4.74 Å². The summed E-state index contributed by atoms with van der Waals surface area (Å²) in [5, 5.41) is 14.3. The van der Waals surface area contributed by atoms with Crippen molar-refractivity contribution < 1.29 is 19.4 Å². The van der Waals surface area contributed by atoms with Gasteiger partial charge in [0.1, 0.15) is 18.5 Å². The molecule has 5 nitrogen and oxygen atoms in total. The molecule has 2 aromatic rings. The Morgan fingerprint density at radius 1 is 1.25 bits per heavy atom. The highest BCUT2D eigenvalue weighted by Crippen LogP contribution is 2.13. The first-order valence-electron chi connectivity index (χ1n) is 7.75. The van der Waals surface area contributed by atoms with Crippen molar-refractivity contribution in [3.8, 4) is 5.75 Å². The summed E-state index contributed by atoms with van der Waals surface area (Å²) in [6, 6.07) is 11.1. The third-order valence-corrected chi connectivity index (χ3v) is 4.25. The molecule has 0 radical (unpaired) electrons. The number of rotatable bonds is 9. The van der Waals surface area contributed by atoms with E-state index in [0.717, 1.165) is 5.56 Å². The molecule has 0 bridgehead atoms. The van der Waals surface area contributed by atoms with Crippen LogP contribution in [0.15, 0.2) is 41.8 Å². The molecule has 0 aliphatic rings. The fourth-order valence-corrected chi connectivity index (χ4v) is 2.76. The topological polar surface area (TPSA) is 75.6 Å². The Bertz CT molecular complexity index is 669. The number of ketones is 1. The number of hydrogen-bond acceptors (Lipinski definition) is 5. The first-order valence-corrected chi connectivity index (χ1v) is 8.63. The molecule has 0 unspecified atom stereocenters. The maximum Gasteiger partial charge on any atom is 0.220 e. The molecule has 2 rings (SSSR count). The number of amides is 1. The summed E-state index contributed by atoms with van der Waals surface area (Å²) in [5.41, 5.74) is 1.07. The van der Waals surface area contributed by atoms with Gasteiger partial charge in [-0.15, -0.1) is 11.3 Å². The van der Waals surface area contributed by atoms with Gasteiger partial charge in [-0.2, -0.15) is 0 Å². The lowest BCUT2D eigenvalue weighted by molar-refractivity contribution is -0.121. The number of thiophene rings is 1. The summed E-state index contributed by atoms with van der Waals surface area (Å²) >= 11 is 1.37. The van der Waals surface area contributed by atoms with Crippen molar-refractivity contribution in [2.45, 2.75) is 25.9 Å². The Labute approximate surface area is 145 Å². The second kappa shape index (κ2) is 9.20. The van der Waals surface area contributed by atoms with Crippen molar-refractivity contribution in [1.82, 2.24) is 5.32 Å². The molecule has 0 fully saturated rings. The van der Waals surface area contributed by atoms with Crippen molar-refractivity contribution in [3.05, 3.63) is 52.2 Å². The highest BCUT2D eigenvalue weighted by molar-refractivity contribution is 7.12. The zero-order valence-electron chi connectivity index (χ0n) is 13.5. The van der Waals surface area contributed by atoms with E-state index in [1.807, 2.05) is 42.6 Å². The largest absolute Gasteiger partial charge is 0.491 e. The summed E-state index contributed by atoms with van der Waals surface area (Å²) in [7, 11) is 0. The van der Waals surface area contributed by atoms with Crippen LogP contribution in [0.25, 0.3) is 0 Å². The summed E-state index contributed by atoms with van der Waals surface area (Å²) in [6.45, 7) is 2.15. The van der Waals surface area contributed by atoms with Crippen LogP contribution in [-0.4, -0.2) is 36.1 Å². The van der Waals surface area contributed by atoms with Gasteiger partial charge in [0, 0.05) is 19.4 Å². The van der Waals surface area contributed by atoms with Gasteiger partial charge in [-0.25, -0.2) is 0 Å². The number of carbonyl (C=O) groups is 2. The van der Waals surface area contributed by atoms with Gasteiger partial charge in [0.05, 0.1) is 4.88 Å². The quantitative estimate of drug-likeness (QED) is 0.684. The third kappa shape index (κ3) is 6.14. The molecule has 0 spiro atoms. The summed E-state index contributed by atoms with van der Waals surface area (Å²) < 4.78 is 5.47. The summed E-state index contributed by atoms with van der Waals surface area (Å²) in [5.74, 6) is 0.389. The van der Waals surface area contributed by atoms with Crippen molar-refractivity contribution in [2.24, 2.45) is 0 Å². The van der Waals surface area contributed by atoms with Gasteiger partial charge in [0.25, 0.3) is 0 Å². The fourth-order valence-electron chi connectivity index (χ4n) is 2.06. The number of benzene rings is 1. The SMILES string of the molecule is Cc1cccc(OC[C@H](O)CNC(=O)CCC(=O)c2cccs2)c1. The van der Waals surface area contributed by atoms with Crippen molar-refractivity contribution in [1.29, 1.82) is 0 Å². The molecule has 24 heavy (non-hydrogen) atoms. The Hall–Kier alpha value is -2.18. The molecule has 1 heterocycles. The molecule has 2 N–H and O–H groups in total. The fraction of sp³-hybridized carbons (Fsp3) is 0.333. The minimum absolute atomic E-state index is 0.0384. The molecule has 0 saturated heterocycles. The highest BCUT2D eigenvalue weighted by atomic mass is 32.1. The van der Waals surface area contributed by atoms with Gasteiger partial charge < -0.3 is 15.2 Å². The standard InChI is InChI=1S/C18H21NO4S/c1-13-4-2-5-15(10-13)23-12-14(20)11-19-18(22)8-7-16(21)17-6-3-9-24-17/h2-6,9-10,14,20H,7-8,11-12H2,1H3,(H,19,22)/t14-/m1/s1. The molecule has 1 aromatic heterocycles. The molecule has 6 heteroatoms. The summed E-state index contributed by atoms with van der Waals surface area (Å²) in [6.07, 6.45) is -0.521. The first kappa shape index (κ1) is 18.2. The maximum absolute atomic E-state index is 11.8. The van der Waals surface area contributed by atoms with Gasteiger partial charge in [0.15, 0.2) is 5.78 Å². The van der Waals surface area contributed by atoms with E-state index in [1.54, 1.807) is 6.07 Å². The molecular formula is C18H21NO4S. The van der Waals surface area contributed by atoms with Gasteiger partial charge >= 0.3 is 0 Å². The predicted octanol–water partition coefficient (Wildman–Crippen LogP) is 2.58. The number of carbonyl (C=O) groups excluding carboxylic acids is 2. The van der Waals surface area contributed by atoms with E-state index < -0.39 is 6.10 Å². The first-order chi connectivity index (χ1) is 11.5. The zero-order valence-corrected chi connectivity index (χ0v) is 14.3. The van der Waals surface area contributed by atoms with Crippen LogP contribution < -0.4 is 10.1 Å². The van der Waals surface area contributed by atoms with E-state index in [0.29, 0.717) is 10.6 Å². The second-order valence-electron chi connectivity index (χ2n) is 5.49. The van der Waals surface area contributed by atoms with Crippen LogP contribution in [0.2, 0.25) is 0 Å². The van der Waals surface area contributed by atoms with E-state index in [2.05, 4.69) is 5.32 Å². The number of ether oxygens (including phenoxy) is 1. The number of aliphatic hydroxyl groups is 1. The van der Waals surface area contributed by atoms with E-state index in [9.17, 15) is 14.7 Å². The van der Waals surface area contributed by atoms with Gasteiger partial charge in [0.2, 0.25) is 5.91 Å². The van der Waals surface area contributed by atoms with Crippen LogP contribution in [0.4, 0.5) is 0 Å². The lowest BCUT2D eigenvalue weighted by atomic mass is 10.2. The maximum atomic E-state index is 11.8. The molecular weight excluding hydrogens is 326 g/mol. The van der Waals surface area contributed by atoms with Gasteiger partial charge in [-0.1, -0.05) is 18.2 Å². The van der Waals surface area contributed by atoms with E-state index >= 15 is 0 Å². The average molecular weight is 347 g/mol. The van der Waals surface area contributed by atoms with E-state index in [-0.39, 0.29) is 37.7 Å². The van der Waals surface area contributed by atoms with Crippen LogP contribution in [0.1, 0.15) is 28.1 Å². The van der Waals surface area contributed by atoms with Crippen LogP contribution in [0.5, 0.6) is 5.75 Å². The number of Topliss-reactive ketones (excluding diaryl/α,β-unsaturated/α-hetero) is 1. The van der Waals surface area contributed by atoms with Crippen molar-refractivity contribution in [2.75, 3.05) is 13.2 Å². The number of hydrogen-bond donors (Lipinski definition) is 2. The minimum Gasteiger partial charge on any atom is -0.491 e. The predicted molar refractivity (Wildman–Crippen MR) is 93.6 cm³/mol. The van der Waals surface area contributed by atoms with E-state index in [1.165, 1.54) is 11.3 Å². The molecule has 1 atom stereocenters. The molecule has 0 saturated carbocycles.